The molecular formula is C16H28N4. The highest BCUT2D eigenvalue weighted by Crippen LogP contribution is 2.02. The zero-order valence-electron chi connectivity index (χ0n) is 13.0. The average Bonchev–Trinajstić information content (AvgIpc) is 2.45. The van der Waals surface area contributed by atoms with Crippen LogP contribution in [0.2, 0.25) is 0 Å². The first-order chi connectivity index (χ1) is 9.76. The summed E-state index contributed by atoms with van der Waals surface area (Å²) in [5.41, 5.74) is 1.36. The van der Waals surface area contributed by atoms with Gasteiger partial charge < -0.3 is 15.5 Å². The fourth-order valence-electron chi connectivity index (χ4n) is 2.01. The van der Waals surface area contributed by atoms with Crippen molar-refractivity contribution < 1.29 is 0 Å². The summed E-state index contributed by atoms with van der Waals surface area (Å²) in [5, 5.41) is 6.47. The van der Waals surface area contributed by atoms with Crippen LogP contribution in [0, 0.1) is 0 Å². The van der Waals surface area contributed by atoms with Crippen LogP contribution in [-0.4, -0.2) is 44.1 Å². The van der Waals surface area contributed by atoms with Gasteiger partial charge in [-0.25, -0.2) is 0 Å². The van der Waals surface area contributed by atoms with Gasteiger partial charge >= 0.3 is 0 Å². The Morgan fingerprint density at radius 3 is 2.35 bits per heavy atom. The van der Waals surface area contributed by atoms with Gasteiger partial charge in [0.2, 0.25) is 0 Å². The molecule has 0 aliphatic carbocycles. The Hall–Kier alpha value is -1.55. The molecule has 0 aliphatic heterocycles. The lowest BCUT2D eigenvalue weighted by molar-refractivity contribution is 0.324. The molecule has 0 amide bonds. The lowest BCUT2D eigenvalue weighted by atomic mass is 10.2. The van der Waals surface area contributed by atoms with E-state index in [2.05, 4.69) is 71.8 Å². The van der Waals surface area contributed by atoms with Crippen molar-refractivity contribution >= 4 is 5.96 Å². The van der Waals surface area contributed by atoms with E-state index in [9.17, 15) is 0 Å². The number of hydrogen-bond donors (Lipinski definition) is 2. The Kier molecular flexibility index (Phi) is 8.47. The largest absolute Gasteiger partial charge is 0.357 e. The minimum Gasteiger partial charge on any atom is -0.357 e. The molecule has 0 heterocycles. The molecule has 0 saturated heterocycles. The first-order valence-corrected chi connectivity index (χ1v) is 7.51. The quantitative estimate of drug-likeness (QED) is 0.434. The van der Waals surface area contributed by atoms with Gasteiger partial charge in [0.1, 0.15) is 0 Å². The molecule has 0 fully saturated rings. The molecule has 20 heavy (non-hydrogen) atoms. The van der Waals surface area contributed by atoms with Crippen molar-refractivity contribution in [3.63, 3.8) is 0 Å². The molecule has 0 radical (unpaired) electrons. The summed E-state index contributed by atoms with van der Waals surface area (Å²) in [6.45, 7) is 8.89. The highest BCUT2D eigenvalue weighted by molar-refractivity contribution is 5.79. The predicted octanol–water partition coefficient (Wildman–Crippen LogP) is 2.08. The predicted molar refractivity (Wildman–Crippen MR) is 87.0 cm³/mol. The van der Waals surface area contributed by atoms with Gasteiger partial charge in [-0.05, 0) is 39.4 Å². The summed E-state index contributed by atoms with van der Waals surface area (Å²) in [7, 11) is 2.16. The van der Waals surface area contributed by atoms with E-state index in [0.717, 1.165) is 45.1 Å². The van der Waals surface area contributed by atoms with Crippen LogP contribution in [0.5, 0.6) is 0 Å². The van der Waals surface area contributed by atoms with Crippen LogP contribution in [0.4, 0.5) is 0 Å². The Labute approximate surface area is 123 Å². The second-order valence-electron chi connectivity index (χ2n) is 4.87. The second-order valence-corrected chi connectivity index (χ2v) is 4.87. The van der Waals surface area contributed by atoms with Crippen LogP contribution in [0.25, 0.3) is 0 Å². The van der Waals surface area contributed by atoms with Crippen LogP contribution < -0.4 is 10.6 Å². The van der Waals surface area contributed by atoms with E-state index in [1.165, 1.54) is 5.56 Å². The molecule has 0 aromatic heterocycles. The number of guanidine groups is 1. The SMILES string of the molecule is CCNC(=NCCCN(C)Cc1ccccc1)NCC. The van der Waals surface area contributed by atoms with Crippen molar-refractivity contribution in [3.8, 4) is 0 Å². The summed E-state index contributed by atoms with van der Waals surface area (Å²) < 4.78 is 0. The minimum absolute atomic E-state index is 0.856. The van der Waals surface area contributed by atoms with E-state index in [4.69, 9.17) is 0 Å². The third kappa shape index (κ3) is 7.14. The smallest absolute Gasteiger partial charge is 0.191 e. The van der Waals surface area contributed by atoms with E-state index in [0.29, 0.717) is 0 Å². The summed E-state index contributed by atoms with van der Waals surface area (Å²) in [6.07, 6.45) is 1.07. The molecular weight excluding hydrogens is 248 g/mol. The van der Waals surface area contributed by atoms with Crippen molar-refractivity contribution in [2.75, 3.05) is 33.2 Å². The van der Waals surface area contributed by atoms with Gasteiger partial charge in [0, 0.05) is 26.2 Å². The van der Waals surface area contributed by atoms with Crippen LogP contribution in [0.15, 0.2) is 35.3 Å². The molecule has 0 unspecified atom stereocenters. The third-order valence-electron chi connectivity index (χ3n) is 2.95. The van der Waals surface area contributed by atoms with Crippen molar-refractivity contribution in [2.45, 2.75) is 26.8 Å². The van der Waals surface area contributed by atoms with Crippen LogP contribution in [0.3, 0.4) is 0 Å². The number of nitrogens with zero attached hydrogens (tertiary/aromatic N) is 2. The van der Waals surface area contributed by atoms with Gasteiger partial charge in [0.15, 0.2) is 5.96 Å². The molecule has 0 bridgehead atoms. The van der Waals surface area contributed by atoms with Gasteiger partial charge in [-0.3, -0.25) is 4.99 Å². The van der Waals surface area contributed by atoms with Crippen molar-refractivity contribution in [2.24, 2.45) is 4.99 Å². The molecule has 0 atom stereocenters. The molecule has 2 N–H and O–H groups in total. The van der Waals surface area contributed by atoms with Crippen LogP contribution in [-0.2, 0) is 6.54 Å². The normalized spacial score (nSPS) is 10.4. The second kappa shape index (κ2) is 10.3. The van der Waals surface area contributed by atoms with Gasteiger partial charge in [0.05, 0.1) is 0 Å². The molecule has 112 valence electrons. The highest BCUT2D eigenvalue weighted by Gasteiger charge is 2.00. The zero-order valence-corrected chi connectivity index (χ0v) is 13.0. The lowest BCUT2D eigenvalue weighted by Gasteiger charge is -2.16. The zero-order chi connectivity index (χ0) is 14.6. The van der Waals surface area contributed by atoms with Gasteiger partial charge in [-0.1, -0.05) is 30.3 Å². The molecule has 1 aromatic rings. The van der Waals surface area contributed by atoms with E-state index in [-0.39, 0.29) is 0 Å². The fourth-order valence-corrected chi connectivity index (χ4v) is 2.01. The molecule has 1 aromatic carbocycles. The summed E-state index contributed by atoms with van der Waals surface area (Å²) in [4.78, 5) is 6.89. The molecule has 0 saturated carbocycles. The van der Waals surface area contributed by atoms with Crippen molar-refractivity contribution in [1.82, 2.24) is 15.5 Å². The monoisotopic (exact) mass is 276 g/mol. The standard InChI is InChI=1S/C16H28N4/c1-4-17-16(18-5-2)19-12-9-13-20(3)14-15-10-7-6-8-11-15/h6-8,10-11H,4-5,9,12-14H2,1-3H3,(H2,17,18,19). The number of benzene rings is 1. The Morgan fingerprint density at radius 1 is 1.10 bits per heavy atom. The first kappa shape index (κ1) is 16.5. The van der Waals surface area contributed by atoms with Crippen molar-refractivity contribution in [3.05, 3.63) is 35.9 Å². The number of aliphatic imine (C=N–C) groups is 1. The maximum absolute atomic E-state index is 4.55. The first-order valence-electron chi connectivity index (χ1n) is 7.51. The summed E-state index contributed by atoms with van der Waals surface area (Å²) in [5.74, 6) is 0.917. The molecule has 4 nitrogen and oxygen atoms in total. The fraction of sp³-hybridized carbons (Fsp3) is 0.562. The van der Waals surface area contributed by atoms with Crippen LogP contribution >= 0.6 is 0 Å². The molecule has 0 aliphatic rings. The summed E-state index contributed by atoms with van der Waals surface area (Å²) >= 11 is 0. The van der Waals surface area contributed by atoms with Crippen molar-refractivity contribution in [1.29, 1.82) is 0 Å². The number of nitrogens with one attached hydrogen (secondary N) is 2. The number of rotatable bonds is 8. The van der Waals surface area contributed by atoms with Gasteiger partial charge in [0.25, 0.3) is 0 Å². The molecule has 4 heteroatoms. The average molecular weight is 276 g/mol. The minimum atomic E-state index is 0.856. The van der Waals surface area contributed by atoms with E-state index >= 15 is 0 Å². The number of hydrogen-bond acceptors (Lipinski definition) is 2. The Bertz CT molecular complexity index is 367. The maximum atomic E-state index is 4.55. The van der Waals surface area contributed by atoms with E-state index < -0.39 is 0 Å². The third-order valence-corrected chi connectivity index (χ3v) is 2.95. The Morgan fingerprint density at radius 2 is 1.75 bits per heavy atom. The van der Waals surface area contributed by atoms with Crippen LogP contribution in [0.1, 0.15) is 25.8 Å². The maximum Gasteiger partial charge on any atom is 0.191 e. The molecule has 0 spiro atoms. The van der Waals surface area contributed by atoms with E-state index in [1.807, 2.05) is 0 Å². The van der Waals surface area contributed by atoms with E-state index in [1.54, 1.807) is 0 Å². The lowest BCUT2D eigenvalue weighted by Crippen LogP contribution is -2.37. The Balaban J connectivity index is 2.24. The highest BCUT2D eigenvalue weighted by atomic mass is 15.2. The summed E-state index contributed by atoms with van der Waals surface area (Å²) in [6, 6.07) is 10.6. The van der Waals surface area contributed by atoms with Gasteiger partial charge in [-0.15, -0.1) is 0 Å². The van der Waals surface area contributed by atoms with Gasteiger partial charge in [-0.2, -0.15) is 0 Å². The topological polar surface area (TPSA) is 39.7 Å². The molecule has 1 rings (SSSR count).